The molecule has 0 aromatic heterocycles. The van der Waals surface area contributed by atoms with Crippen molar-refractivity contribution in [1.82, 2.24) is 10.6 Å². The number of hydrogen-bond donors (Lipinski definition) is 2. The van der Waals surface area contributed by atoms with E-state index < -0.39 is 24.9 Å². The first kappa shape index (κ1) is 23.9. The Hall–Kier alpha value is -1.42. The minimum atomic E-state index is -0.868. The van der Waals surface area contributed by atoms with Crippen LogP contribution >= 0.6 is 35.0 Å². The molecule has 1 aromatic carbocycles. The summed E-state index contributed by atoms with van der Waals surface area (Å²) in [6.07, 6.45) is 0.547. The van der Waals surface area contributed by atoms with Gasteiger partial charge in [0.25, 0.3) is 11.9 Å². The molecule has 1 aromatic rings. The lowest BCUT2D eigenvalue weighted by molar-refractivity contribution is -0.133. The quantitative estimate of drug-likeness (QED) is 0.607. The molecule has 0 saturated carbocycles. The van der Waals surface area contributed by atoms with E-state index in [4.69, 9.17) is 32.5 Å². The van der Waals surface area contributed by atoms with Crippen molar-refractivity contribution in [2.24, 2.45) is 5.92 Å². The number of carbonyl (C=O) groups is 3. The van der Waals surface area contributed by atoms with Gasteiger partial charge in [-0.2, -0.15) is 0 Å². The highest BCUT2D eigenvalue weighted by Gasteiger charge is 2.36. The third kappa shape index (κ3) is 8.08. The summed E-state index contributed by atoms with van der Waals surface area (Å²) in [4.78, 5) is 36.5. The average molecular weight is 461 g/mol. The number of benzene rings is 1. The summed E-state index contributed by atoms with van der Waals surface area (Å²) in [5.41, 5.74) is 0.181. The Morgan fingerprint density at radius 2 is 2.07 bits per heavy atom. The molecule has 158 valence electrons. The molecule has 1 aliphatic heterocycles. The van der Waals surface area contributed by atoms with E-state index in [1.807, 2.05) is 13.8 Å². The Labute approximate surface area is 184 Å². The van der Waals surface area contributed by atoms with E-state index in [1.54, 1.807) is 6.07 Å². The zero-order valence-electron chi connectivity index (χ0n) is 16.2. The third-order valence-electron chi connectivity index (χ3n) is 3.96. The van der Waals surface area contributed by atoms with E-state index in [1.165, 1.54) is 23.9 Å². The van der Waals surface area contributed by atoms with Crippen LogP contribution in [-0.2, 0) is 18.9 Å². The molecule has 1 atom stereocenters. The molecule has 2 rings (SSSR count). The van der Waals surface area contributed by atoms with Gasteiger partial charge in [-0.1, -0.05) is 37.0 Å². The van der Waals surface area contributed by atoms with Crippen molar-refractivity contribution in [2.75, 3.05) is 24.7 Å². The second kappa shape index (κ2) is 11.7. The Balaban J connectivity index is 1.97. The molecule has 7 nitrogen and oxygen atoms in total. The molecule has 29 heavy (non-hydrogen) atoms. The summed E-state index contributed by atoms with van der Waals surface area (Å²) in [7, 11) is -0.868. The van der Waals surface area contributed by atoms with Crippen LogP contribution in [0.5, 0.6) is 0 Å². The van der Waals surface area contributed by atoms with Crippen molar-refractivity contribution in [3.8, 4) is 0 Å². The van der Waals surface area contributed by atoms with Crippen LogP contribution < -0.4 is 10.6 Å². The maximum absolute atomic E-state index is 12.4. The van der Waals surface area contributed by atoms with Crippen LogP contribution in [0.4, 0.5) is 0 Å². The maximum Gasteiger partial charge on any atom is 0.551 e. The van der Waals surface area contributed by atoms with Crippen LogP contribution in [0.15, 0.2) is 18.2 Å². The average Bonchev–Trinajstić information content (AvgIpc) is 2.63. The standard InChI is InChI=1S/C18H23BCl2N2O5S/c1-11(2)7-15(19-27-5-6-29-10-17(25)28-19)23-16(24)9-22-18(26)13-8-12(20)3-4-14(13)21/h3-4,8,11,15H,5-7,9-10H2,1-2H3,(H,22,26)(H,23,24)/t15-/m0/s1. The molecule has 1 saturated heterocycles. The largest absolute Gasteiger partial charge is 0.551 e. The number of hydrogen-bond acceptors (Lipinski definition) is 6. The summed E-state index contributed by atoms with van der Waals surface area (Å²) in [5, 5.41) is 5.91. The molecule has 11 heteroatoms. The van der Waals surface area contributed by atoms with Crippen molar-refractivity contribution in [3.05, 3.63) is 33.8 Å². The normalized spacial score (nSPS) is 15.9. The number of carbonyl (C=O) groups excluding carboxylic acids is 3. The van der Waals surface area contributed by atoms with E-state index in [-0.39, 0.29) is 34.8 Å². The summed E-state index contributed by atoms with van der Waals surface area (Å²) in [6, 6.07) is 4.51. The number of amides is 2. The molecule has 0 aliphatic carbocycles. The Bertz CT molecular complexity index is 753. The van der Waals surface area contributed by atoms with Gasteiger partial charge in [-0.15, -0.1) is 11.8 Å². The number of nitrogens with one attached hydrogen (secondary N) is 2. The summed E-state index contributed by atoms with van der Waals surface area (Å²) >= 11 is 13.3. The third-order valence-corrected chi connectivity index (χ3v) is 5.42. The van der Waals surface area contributed by atoms with Crippen LogP contribution in [0.1, 0.15) is 30.6 Å². The molecule has 2 amide bonds. The minimum absolute atomic E-state index is 0.181. The molecule has 0 radical (unpaired) electrons. The predicted molar refractivity (Wildman–Crippen MR) is 115 cm³/mol. The molecule has 0 spiro atoms. The fourth-order valence-electron chi connectivity index (χ4n) is 2.71. The van der Waals surface area contributed by atoms with Crippen LogP contribution in [0, 0.1) is 5.92 Å². The lowest BCUT2D eigenvalue weighted by Crippen LogP contribution is -2.53. The first-order valence-corrected chi connectivity index (χ1v) is 11.1. The SMILES string of the molecule is CC(C)C[C@H](NC(=O)CNC(=O)c1cc(Cl)ccc1Cl)B1OCCSCC(=O)O1. The fraction of sp³-hybridized carbons (Fsp3) is 0.500. The molecule has 0 bridgehead atoms. The van der Waals surface area contributed by atoms with Crippen molar-refractivity contribution in [3.63, 3.8) is 0 Å². The Morgan fingerprint density at radius 1 is 1.31 bits per heavy atom. The van der Waals surface area contributed by atoms with Gasteiger partial charge >= 0.3 is 7.12 Å². The topological polar surface area (TPSA) is 93.7 Å². The van der Waals surface area contributed by atoms with Crippen LogP contribution in [-0.4, -0.2) is 55.5 Å². The number of rotatable bonds is 7. The smallest absolute Gasteiger partial charge is 0.508 e. The fourth-order valence-corrected chi connectivity index (χ4v) is 3.67. The van der Waals surface area contributed by atoms with Crippen LogP contribution in [0.3, 0.4) is 0 Å². The summed E-state index contributed by atoms with van der Waals surface area (Å²) in [6.45, 7) is 4.12. The van der Waals surface area contributed by atoms with Gasteiger partial charge in [0.2, 0.25) is 5.91 Å². The van der Waals surface area contributed by atoms with E-state index >= 15 is 0 Å². The highest BCUT2D eigenvalue weighted by Crippen LogP contribution is 2.20. The highest BCUT2D eigenvalue weighted by molar-refractivity contribution is 7.99. The van der Waals surface area contributed by atoms with Crippen molar-refractivity contribution in [2.45, 2.75) is 26.2 Å². The van der Waals surface area contributed by atoms with Crippen LogP contribution in [0.25, 0.3) is 0 Å². The number of halogens is 2. The van der Waals surface area contributed by atoms with E-state index in [0.29, 0.717) is 23.8 Å². The molecular weight excluding hydrogens is 438 g/mol. The van der Waals surface area contributed by atoms with Gasteiger partial charge in [0.05, 0.1) is 28.8 Å². The van der Waals surface area contributed by atoms with Crippen molar-refractivity contribution < 1.29 is 23.7 Å². The number of thioether (sulfide) groups is 1. The molecule has 1 fully saturated rings. The van der Waals surface area contributed by atoms with Crippen molar-refractivity contribution in [1.29, 1.82) is 0 Å². The van der Waals surface area contributed by atoms with Gasteiger partial charge in [-0.05, 0) is 30.5 Å². The molecule has 2 N–H and O–H groups in total. The van der Waals surface area contributed by atoms with E-state index in [0.717, 1.165) is 0 Å². The highest BCUT2D eigenvalue weighted by atomic mass is 35.5. The van der Waals surface area contributed by atoms with E-state index in [2.05, 4.69) is 10.6 Å². The van der Waals surface area contributed by atoms with Gasteiger partial charge in [0.15, 0.2) is 0 Å². The molecule has 1 aliphatic rings. The zero-order chi connectivity index (χ0) is 21.4. The van der Waals surface area contributed by atoms with Gasteiger partial charge < -0.3 is 19.9 Å². The van der Waals surface area contributed by atoms with Crippen molar-refractivity contribution >= 4 is 59.9 Å². The molecule has 0 unspecified atom stereocenters. The Kier molecular flexibility index (Phi) is 9.62. The zero-order valence-corrected chi connectivity index (χ0v) is 18.5. The molecule has 1 heterocycles. The maximum atomic E-state index is 12.4. The first-order valence-electron chi connectivity index (χ1n) is 9.17. The van der Waals surface area contributed by atoms with Gasteiger partial charge in [0, 0.05) is 17.4 Å². The van der Waals surface area contributed by atoms with E-state index in [9.17, 15) is 14.4 Å². The predicted octanol–water partition coefficient (Wildman–Crippen LogP) is 2.59. The lowest BCUT2D eigenvalue weighted by atomic mass is 9.73. The van der Waals surface area contributed by atoms with Gasteiger partial charge in [0.1, 0.15) is 0 Å². The molecular formula is C18H23BCl2N2O5S. The summed E-state index contributed by atoms with van der Waals surface area (Å²) in [5.74, 6) is -0.713. The summed E-state index contributed by atoms with van der Waals surface area (Å²) < 4.78 is 11.0. The van der Waals surface area contributed by atoms with Gasteiger partial charge in [-0.3, -0.25) is 14.4 Å². The Morgan fingerprint density at radius 3 is 2.79 bits per heavy atom. The van der Waals surface area contributed by atoms with Crippen LogP contribution in [0.2, 0.25) is 10.0 Å². The van der Waals surface area contributed by atoms with Gasteiger partial charge in [-0.25, -0.2) is 0 Å². The lowest BCUT2D eigenvalue weighted by Gasteiger charge is -2.26. The second-order valence-corrected chi connectivity index (χ2v) is 8.84. The first-order chi connectivity index (χ1) is 13.8. The minimum Gasteiger partial charge on any atom is -0.508 e. The monoisotopic (exact) mass is 460 g/mol. The second-order valence-electron chi connectivity index (χ2n) is 6.89.